The maximum absolute atomic E-state index is 10.8. The number of benzene rings is 2. The average molecular weight is 255 g/mol. The van der Waals surface area contributed by atoms with Crippen LogP contribution < -0.4 is 5.32 Å². The van der Waals surface area contributed by atoms with Crippen LogP contribution in [0.3, 0.4) is 0 Å². The first-order valence-corrected chi connectivity index (χ1v) is 7.14. The van der Waals surface area contributed by atoms with Crippen molar-refractivity contribution in [3.8, 4) is 0 Å². The SMILES string of the molecule is Cc1ccc2ccccc2c1C(O)C1CCNCC1. The van der Waals surface area contributed by atoms with E-state index < -0.39 is 0 Å². The molecule has 1 heterocycles. The summed E-state index contributed by atoms with van der Waals surface area (Å²) in [7, 11) is 0. The van der Waals surface area contributed by atoms with Crippen LogP contribution >= 0.6 is 0 Å². The smallest absolute Gasteiger partial charge is 0.0827 e. The lowest BCUT2D eigenvalue weighted by Gasteiger charge is -2.29. The number of piperidine rings is 1. The van der Waals surface area contributed by atoms with Gasteiger partial charge in [0.25, 0.3) is 0 Å². The molecule has 0 saturated carbocycles. The third kappa shape index (κ3) is 2.38. The number of aryl methyl sites for hydroxylation is 1. The van der Waals surface area contributed by atoms with E-state index in [0.717, 1.165) is 31.5 Å². The fraction of sp³-hybridized carbons (Fsp3) is 0.412. The summed E-state index contributed by atoms with van der Waals surface area (Å²) < 4.78 is 0. The van der Waals surface area contributed by atoms with Gasteiger partial charge in [0.2, 0.25) is 0 Å². The van der Waals surface area contributed by atoms with Crippen LogP contribution in [-0.2, 0) is 0 Å². The first kappa shape index (κ1) is 12.6. The second kappa shape index (κ2) is 5.32. The third-order valence-corrected chi connectivity index (χ3v) is 4.31. The van der Waals surface area contributed by atoms with Crippen molar-refractivity contribution in [2.75, 3.05) is 13.1 Å². The van der Waals surface area contributed by atoms with E-state index in [9.17, 15) is 5.11 Å². The minimum absolute atomic E-state index is 0.340. The molecule has 0 radical (unpaired) electrons. The molecule has 1 aliphatic rings. The van der Waals surface area contributed by atoms with Crippen LogP contribution in [0.2, 0.25) is 0 Å². The van der Waals surface area contributed by atoms with Crippen molar-refractivity contribution in [3.63, 3.8) is 0 Å². The van der Waals surface area contributed by atoms with E-state index in [0.29, 0.717) is 5.92 Å². The molecular weight excluding hydrogens is 234 g/mol. The Morgan fingerprint density at radius 3 is 2.63 bits per heavy atom. The Hall–Kier alpha value is -1.38. The van der Waals surface area contributed by atoms with Crippen LogP contribution in [-0.4, -0.2) is 18.2 Å². The highest BCUT2D eigenvalue weighted by Gasteiger charge is 2.25. The molecule has 1 unspecified atom stereocenters. The molecule has 1 saturated heterocycles. The topological polar surface area (TPSA) is 32.3 Å². The first-order valence-electron chi connectivity index (χ1n) is 7.14. The van der Waals surface area contributed by atoms with E-state index in [1.54, 1.807) is 0 Å². The van der Waals surface area contributed by atoms with Gasteiger partial charge in [0.05, 0.1) is 6.10 Å². The van der Waals surface area contributed by atoms with Crippen LogP contribution in [0.5, 0.6) is 0 Å². The normalized spacial score (nSPS) is 18.6. The molecule has 0 spiro atoms. The lowest BCUT2D eigenvalue weighted by molar-refractivity contribution is 0.0897. The molecule has 1 fully saturated rings. The molecule has 2 heteroatoms. The Balaban J connectivity index is 2.05. The molecule has 2 N–H and O–H groups in total. The molecule has 2 aromatic carbocycles. The van der Waals surface area contributed by atoms with E-state index in [4.69, 9.17) is 0 Å². The summed E-state index contributed by atoms with van der Waals surface area (Å²) in [4.78, 5) is 0. The number of fused-ring (bicyclic) bond motifs is 1. The third-order valence-electron chi connectivity index (χ3n) is 4.31. The molecular formula is C17H21NO. The van der Waals surface area contributed by atoms with Crippen molar-refractivity contribution in [2.45, 2.75) is 25.9 Å². The summed E-state index contributed by atoms with van der Waals surface area (Å²) in [5, 5.41) is 16.6. The van der Waals surface area contributed by atoms with Gasteiger partial charge in [-0.25, -0.2) is 0 Å². The van der Waals surface area contributed by atoms with Gasteiger partial charge in [-0.1, -0.05) is 36.4 Å². The molecule has 100 valence electrons. The second-order valence-corrected chi connectivity index (χ2v) is 5.55. The second-order valence-electron chi connectivity index (χ2n) is 5.55. The van der Waals surface area contributed by atoms with Crippen molar-refractivity contribution >= 4 is 10.8 Å². The van der Waals surface area contributed by atoms with Crippen LogP contribution in [0.25, 0.3) is 10.8 Å². The Morgan fingerprint density at radius 2 is 1.84 bits per heavy atom. The first-order chi connectivity index (χ1) is 9.27. The lowest BCUT2D eigenvalue weighted by atomic mass is 9.84. The molecule has 0 bridgehead atoms. The number of hydrogen-bond donors (Lipinski definition) is 2. The summed E-state index contributed by atoms with van der Waals surface area (Å²) in [6.07, 6.45) is 1.78. The summed E-state index contributed by atoms with van der Waals surface area (Å²) in [5.41, 5.74) is 2.33. The highest BCUT2D eigenvalue weighted by molar-refractivity contribution is 5.87. The van der Waals surface area contributed by atoms with Crippen molar-refractivity contribution in [1.82, 2.24) is 5.32 Å². The Morgan fingerprint density at radius 1 is 1.11 bits per heavy atom. The van der Waals surface area contributed by atoms with Crippen LogP contribution in [0.15, 0.2) is 36.4 Å². The number of nitrogens with one attached hydrogen (secondary N) is 1. The minimum Gasteiger partial charge on any atom is -0.388 e. The monoisotopic (exact) mass is 255 g/mol. The van der Waals surface area contributed by atoms with Gasteiger partial charge in [0, 0.05) is 0 Å². The van der Waals surface area contributed by atoms with Gasteiger partial charge in [-0.2, -0.15) is 0 Å². The summed E-state index contributed by atoms with van der Waals surface area (Å²) in [5.74, 6) is 0.380. The Kier molecular flexibility index (Phi) is 3.54. The molecule has 0 amide bonds. The number of aliphatic hydroxyl groups excluding tert-OH is 1. The molecule has 19 heavy (non-hydrogen) atoms. The van der Waals surface area contributed by atoms with Crippen molar-refractivity contribution in [1.29, 1.82) is 0 Å². The Bertz CT molecular complexity index is 572. The number of aliphatic hydroxyl groups is 1. The van der Waals surface area contributed by atoms with E-state index in [-0.39, 0.29) is 6.10 Å². The van der Waals surface area contributed by atoms with Gasteiger partial charge in [0.1, 0.15) is 0 Å². The van der Waals surface area contributed by atoms with Crippen LogP contribution in [0, 0.1) is 12.8 Å². The fourth-order valence-electron chi connectivity index (χ4n) is 3.19. The summed E-state index contributed by atoms with van der Waals surface area (Å²) >= 11 is 0. The molecule has 3 rings (SSSR count). The van der Waals surface area contributed by atoms with E-state index in [1.165, 1.54) is 16.3 Å². The van der Waals surface area contributed by atoms with Gasteiger partial charge in [-0.3, -0.25) is 0 Å². The quantitative estimate of drug-likeness (QED) is 0.864. The molecule has 0 aliphatic carbocycles. The molecule has 2 nitrogen and oxygen atoms in total. The molecule has 1 atom stereocenters. The van der Waals surface area contributed by atoms with E-state index >= 15 is 0 Å². The van der Waals surface area contributed by atoms with Crippen LogP contribution in [0.4, 0.5) is 0 Å². The highest BCUT2D eigenvalue weighted by Crippen LogP contribution is 2.35. The van der Waals surface area contributed by atoms with Gasteiger partial charge in [-0.15, -0.1) is 0 Å². The lowest BCUT2D eigenvalue weighted by Crippen LogP contribution is -2.31. The van der Waals surface area contributed by atoms with E-state index in [2.05, 4.69) is 48.6 Å². The highest BCUT2D eigenvalue weighted by atomic mass is 16.3. The fourth-order valence-corrected chi connectivity index (χ4v) is 3.19. The molecule has 2 aromatic rings. The van der Waals surface area contributed by atoms with Gasteiger partial charge >= 0.3 is 0 Å². The Labute approximate surface area is 114 Å². The maximum atomic E-state index is 10.8. The summed E-state index contributed by atoms with van der Waals surface area (Å²) in [6.45, 7) is 4.14. The van der Waals surface area contributed by atoms with E-state index in [1.807, 2.05) is 0 Å². The maximum Gasteiger partial charge on any atom is 0.0827 e. The number of hydrogen-bond acceptors (Lipinski definition) is 2. The zero-order chi connectivity index (χ0) is 13.2. The van der Waals surface area contributed by atoms with Gasteiger partial charge < -0.3 is 10.4 Å². The zero-order valence-electron chi connectivity index (χ0n) is 11.4. The standard InChI is InChI=1S/C17H21NO/c1-12-6-7-13-4-2-3-5-15(13)16(12)17(19)14-8-10-18-11-9-14/h2-7,14,17-19H,8-11H2,1H3. The van der Waals surface area contributed by atoms with Crippen molar-refractivity contribution in [2.24, 2.45) is 5.92 Å². The van der Waals surface area contributed by atoms with Crippen molar-refractivity contribution < 1.29 is 5.11 Å². The van der Waals surface area contributed by atoms with Gasteiger partial charge in [0.15, 0.2) is 0 Å². The number of rotatable bonds is 2. The van der Waals surface area contributed by atoms with Crippen molar-refractivity contribution in [3.05, 3.63) is 47.5 Å². The largest absolute Gasteiger partial charge is 0.388 e. The molecule has 1 aliphatic heterocycles. The average Bonchev–Trinajstić information content (AvgIpc) is 2.47. The predicted octanol–water partition coefficient (Wildman–Crippen LogP) is 3.18. The predicted molar refractivity (Wildman–Crippen MR) is 79.2 cm³/mol. The minimum atomic E-state index is -0.340. The summed E-state index contributed by atoms with van der Waals surface area (Å²) in [6, 6.07) is 12.6. The van der Waals surface area contributed by atoms with Crippen LogP contribution in [0.1, 0.15) is 30.1 Å². The zero-order valence-corrected chi connectivity index (χ0v) is 11.4. The molecule has 0 aromatic heterocycles. The van der Waals surface area contributed by atoms with Gasteiger partial charge in [-0.05, 0) is 60.7 Å².